The lowest BCUT2D eigenvalue weighted by atomic mass is 9.95. The molecule has 1 N–H and O–H groups in total. The Morgan fingerprint density at radius 3 is 2.47 bits per heavy atom. The number of aliphatic hydroxyl groups is 1. The summed E-state index contributed by atoms with van der Waals surface area (Å²) in [5.74, 6) is 2.37. The van der Waals surface area contributed by atoms with Crippen molar-refractivity contribution < 1.29 is 5.11 Å². The Hall–Kier alpha value is -1.92. The number of hydrogen-bond acceptors (Lipinski definition) is 4. The molecule has 0 amide bonds. The van der Waals surface area contributed by atoms with Gasteiger partial charge >= 0.3 is 0 Å². The second kappa shape index (κ2) is 8.31. The molecule has 2 aromatic heterocycles. The van der Waals surface area contributed by atoms with Gasteiger partial charge in [-0.1, -0.05) is 15.9 Å². The van der Waals surface area contributed by atoms with Crippen molar-refractivity contribution in [3.05, 3.63) is 44.8 Å². The molecule has 1 aliphatic rings. The zero-order valence-corrected chi connectivity index (χ0v) is 20.2. The van der Waals surface area contributed by atoms with Gasteiger partial charge in [-0.25, -0.2) is 9.97 Å². The van der Waals surface area contributed by atoms with Crippen molar-refractivity contribution in [2.24, 2.45) is 5.92 Å². The SMILES string of the molecule is Cc1nc(N2CCCC(CCO)C2)c2c(C)c(C)n(-c3c(C)cc(Br)cc3C)c2n1. The molecule has 0 spiro atoms. The number of halogens is 1. The van der Waals surface area contributed by atoms with Crippen LogP contribution in [0.1, 0.15) is 47.5 Å². The van der Waals surface area contributed by atoms with Gasteiger partial charge in [-0.05, 0) is 88.6 Å². The van der Waals surface area contributed by atoms with Crippen LogP contribution in [0.2, 0.25) is 0 Å². The topological polar surface area (TPSA) is 54.2 Å². The summed E-state index contributed by atoms with van der Waals surface area (Å²) in [6.45, 7) is 12.9. The smallest absolute Gasteiger partial charge is 0.150 e. The average molecular weight is 471 g/mol. The van der Waals surface area contributed by atoms with Crippen molar-refractivity contribution in [2.45, 2.75) is 53.9 Å². The highest BCUT2D eigenvalue weighted by Gasteiger charge is 2.26. The molecule has 1 unspecified atom stereocenters. The monoisotopic (exact) mass is 470 g/mol. The number of rotatable bonds is 4. The van der Waals surface area contributed by atoms with Gasteiger partial charge in [0.25, 0.3) is 0 Å². The summed E-state index contributed by atoms with van der Waals surface area (Å²) in [6.07, 6.45) is 3.18. The molecule has 30 heavy (non-hydrogen) atoms. The van der Waals surface area contributed by atoms with Crippen molar-refractivity contribution in [1.82, 2.24) is 14.5 Å². The van der Waals surface area contributed by atoms with Gasteiger partial charge in [0.2, 0.25) is 0 Å². The highest BCUT2D eigenvalue weighted by Crippen LogP contribution is 2.37. The summed E-state index contributed by atoms with van der Waals surface area (Å²) in [6, 6.07) is 4.34. The largest absolute Gasteiger partial charge is 0.396 e. The number of piperidine rings is 1. The Labute approximate surface area is 187 Å². The number of nitrogens with zero attached hydrogens (tertiary/aromatic N) is 4. The molecular weight excluding hydrogens is 440 g/mol. The fourth-order valence-electron chi connectivity index (χ4n) is 4.98. The third-order valence-corrected chi connectivity index (χ3v) is 6.94. The summed E-state index contributed by atoms with van der Waals surface area (Å²) in [7, 11) is 0. The molecule has 3 aromatic rings. The zero-order chi connectivity index (χ0) is 21.6. The Kier molecular flexibility index (Phi) is 5.90. The maximum Gasteiger partial charge on any atom is 0.150 e. The third kappa shape index (κ3) is 3.65. The van der Waals surface area contributed by atoms with Crippen molar-refractivity contribution in [2.75, 3.05) is 24.6 Å². The normalized spacial score (nSPS) is 17.2. The van der Waals surface area contributed by atoms with Crippen molar-refractivity contribution >= 4 is 32.8 Å². The number of anilines is 1. The summed E-state index contributed by atoms with van der Waals surface area (Å²) in [5, 5.41) is 10.6. The Bertz CT molecular complexity index is 1080. The van der Waals surface area contributed by atoms with E-state index in [0.717, 1.165) is 53.1 Å². The summed E-state index contributed by atoms with van der Waals surface area (Å²) in [4.78, 5) is 12.3. The molecule has 0 radical (unpaired) electrons. The number of fused-ring (bicyclic) bond motifs is 1. The van der Waals surface area contributed by atoms with Gasteiger partial charge in [0.15, 0.2) is 5.65 Å². The fraction of sp³-hybridized carbons (Fsp3) is 0.500. The van der Waals surface area contributed by atoms with E-state index >= 15 is 0 Å². The quantitative estimate of drug-likeness (QED) is 0.560. The van der Waals surface area contributed by atoms with Crippen LogP contribution in [0.4, 0.5) is 5.82 Å². The molecular formula is C24H31BrN4O. The lowest BCUT2D eigenvalue weighted by molar-refractivity contribution is 0.244. The number of benzene rings is 1. The zero-order valence-electron chi connectivity index (χ0n) is 18.6. The van der Waals surface area contributed by atoms with Gasteiger partial charge in [0.1, 0.15) is 11.6 Å². The van der Waals surface area contributed by atoms with Crippen molar-refractivity contribution in [3.8, 4) is 5.69 Å². The molecule has 0 aliphatic carbocycles. The number of aryl methyl sites for hydroxylation is 4. The first-order valence-corrected chi connectivity index (χ1v) is 11.6. The fourth-order valence-corrected chi connectivity index (χ4v) is 5.67. The molecule has 6 heteroatoms. The van der Waals surface area contributed by atoms with Crippen LogP contribution in [-0.4, -0.2) is 39.3 Å². The van der Waals surface area contributed by atoms with Crippen LogP contribution in [0.25, 0.3) is 16.7 Å². The summed E-state index contributed by atoms with van der Waals surface area (Å²) in [5.41, 5.74) is 7.09. The Balaban J connectivity index is 1.94. The van der Waals surface area contributed by atoms with Crippen LogP contribution >= 0.6 is 15.9 Å². The van der Waals surface area contributed by atoms with Gasteiger partial charge in [0, 0.05) is 29.9 Å². The third-order valence-electron chi connectivity index (χ3n) is 6.48. The second-order valence-corrected chi connectivity index (χ2v) is 9.61. The van der Waals surface area contributed by atoms with Gasteiger partial charge in [0.05, 0.1) is 11.1 Å². The molecule has 1 fully saturated rings. The first kappa shape index (κ1) is 21.3. The van der Waals surface area contributed by atoms with Gasteiger partial charge < -0.3 is 10.0 Å². The summed E-state index contributed by atoms with van der Waals surface area (Å²) < 4.78 is 3.41. The van der Waals surface area contributed by atoms with Gasteiger partial charge in [-0.15, -0.1) is 0 Å². The number of aromatic nitrogens is 3. The minimum Gasteiger partial charge on any atom is -0.396 e. The van der Waals surface area contributed by atoms with Crippen LogP contribution in [0.5, 0.6) is 0 Å². The maximum absolute atomic E-state index is 9.42. The maximum atomic E-state index is 9.42. The van der Waals surface area contributed by atoms with Crippen LogP contribution in [0.3, 0.4) is 0 Å². The van der Waals surface area contributed by atoms with Crippen LogP contribution in [0.15, 0.2) is 16.6 Å². The highest BCUT2D eigenvalue weighted by atomic mass is 79.9. The van der Waals surface area contributed by atoms with E-state index in [1.54, 1.807) is 0 Å². The van der Waals surface area contributed by atoms with Crippen molar-refractivity contribution in [1.29, 1.82) is 0 Å². The lowest BCUT2D eigenvalue weighted by Crippen LogP contribution is -2.36. The molecule has 1 saturated heterocycles. The molecule has 5 nitrogen and oxygen atoms in total. The summed E-state index contributed by atoms with van der Waals surface area (Å²) >= 11 is 3.63. The molecule has 0 saturated carbocycles. The molecule has 1 aliphatic heterocycles. The van der Waals surface area contributed by atoms with E-state index in [1.165, 1.54) is 34.5 Å². The molecule has 160 valence electrons. The Morgan fingerprint density at radius 2 is 1.80 bits per heavy atom. The van der Waals surface area contributed by atoms with E-state index in [9.17, 15) is 5.11 Å². The number of aliphatic hydroxyl groups excluding tert-OH is 1. The minimum absolute atomic E-state index is 0.257. The van der Waals surface area contributed by atoms with E-state index in [2.05, 4.69) is 65.2 Å². The second-order valence-electron chi connectivity index (χ2n) is 8.69. The van der Waals surface area contributed by atoms with E-state index < -0.39 is 0 Å². The minimum atomic E-state index is 0.257. The molecule has 4 rings (SSSR count). The van der Waals surface area contributed by atoms with Crippen LogP contribution < -0.4 is 4.90 Å². The van der Waals surface area contributed by atoms with E-state index in [4.69, 9.17) is 9.97 Å². The van der Waals surface area contributed by atoms with Crippen LogP contribution in [0, 0.1) is 40.5 Å². The number of hydrogen-bond donors (Lipinski definition) is 1. The predicted octanol–water partition coefficient (Wildman–Crippen LogP) is 5.32. The van der Waals surface area contributed by atoms with Crippen molar-refractivity contribution in [3.63, 3.8) is 0 Å². The first-order chi connectivity index (χ1) is 14.3. The van der Waals surface area contributed by atoms with E-state index in [1.807, 2.05) is 6.92 Å². The first-order valence-electron chi connectivity index (χ1n) is 10.8. The predicted molar refractivity (Wildman–Crippen MR) is 127 cm³/mol. The molecule has 3 heterocycles. The molecule has 1 aromatic carbocycles. The standard InChI is InChI=1S/C24H31BrN4O/c1-14-11-20(25)12-15(2)22(14)29-17(4)16(3)21-23(26-18(5)27-24(21)29)28-9-6-7-19(13-28)8-10-30/h11-12,19,30H,6-10,13H2,1-5H3. The highest BCUT2D eigenvalue weighted by molar-refractivity contribution is 9.10. The van der Waals surface area contributed by atoms with Gasteiger partial charge in [-0.2, -0.15) is 0 Å². The Morgan fingerprint density at radius 1 is 1.10 bits per heavy atom. The van der Waals surface area contributed by atoms with E-state index in [0.29, 0.717) is 5.92 Å². The van der Waals surface area contributed by atoms with Crippen LogP contribution in [-0.2, 0) is 0 Å². The molecule has 0 bridgehead atoms. The van der Waals surface area contributed by atoms with E-state index in [-0.39, 0.29) is 6.61 Å². The van der Waals surface area contributed by atoms with Gasteiger partial charge in [-0.3, -0.25) is 4.57 Å². The lowest BCUT2D eigenvalue weighted by Gasteiger charge is -2.34. The molecule has 1 atom stereocenters. The average Bonchev–Trinajstić information content (AvgIpc) is 2.92.